The van der Waals surface area contributed by atoms with Crippen LogP contribution in [0.15, 0.2) is 64.7 Å². The van der Waals surface area contributed by atoms with Crippen molar-refractivity contribution in [1.82, 2.24) is 19.7 Å². The fourth-order valence-electron chi connectivity index (χ4n) is 2.85. The van der Waals surface area contributed by atoms with Crippen molar-refractivity contribution in [1.29, 1.82) is 0 Å². The molecule has 0 aliphatic rings. The predicted molar refractivity (Wildman–Crippen MR) is 117 cm³/mol. The Balaban J connectivity index is 1.53. The molecular formula is C21H19N5O3S. The summed E-state index contributed by atoms with van der Waals surface area (Å²) in [5.41, 5.74) is 2.70. The maximum Gasteiger partial charge on any atom is 0.262 e. The molecule has 152 valence electrons. The van der Waals surface area contributed by atoms with E-state index in [0.717, 1.165) is 34.4 Å². The number of hydrogen-bond acceptors (Lipinski definition) is 6. The molecule has 4 aromatic rings. The number of aryl methyl sites for hydroxylation is 1. The van der Waals surface area contributed by atoms with E-state index in [9.17, 15) is 9.59 Å². The minimum absolute atomic E-state index is 0.110. The number of nitrogens with one attached hydrogen (secondary N) is 2. The molecule has 2 heterocycles. The van der Waals surface area contributed by atoms with Gasteiger partial charge in [0.05, 0.1) is 24.7 Å². The minimum Gasteiger partial charge on any atom is -0.497 e. The average Bonchev–Trinajstić information content (AvgIpc) is 3.18. The number of H-pyrrole nitrogens is 1. The van der Waals surface area contributed by atoms with Gasteiger partial charge in [0.15, 0.2) is 10.8 Å². The zero-order chi connectivity index (χ0) is 21.1. The molecule has 0 saturated carbocycles. The second-order valence-electron chi connectivity index (χ2n) is 6.57. The van der Waals surface area contributed by atoms with Gasteiger partial charge in [-0.15, -0.1) is 0 Å². The predicted octanol–water partition coefficient (Wildman–Crippen LogP) is 3.16. The summed E-state index contributed by atoms with van der Waals surface area (Å²) in [7, 11) is 1.60. The van der Waals surface area contributed by atoms with Gasteiger partial charge >= 0.3 is 0 Å². The molecule has 0 radical (unpaired) electrons. The van der Waals surface area contributed by atoms with Crippen LogP contribution < -0.4 is 15.6 Å². The summed E-state index contributed by atoms with van der Waals surface area (Å²) in [5.74, 6) is 0.644. The van der Waals surface area contributed by atoms with Crippen LogP contribution in [0.5, 0.6) is 5.75 Å². The van der Waals surface area contributed by atoms with Crippen molar-refractivity contribution in [2.45, 2.75) is 12.1 Å². The van der Waals surface area contributed by atoms with E-state index in [1.165, 1.54) is 6.20 Å². The third kappa shape index (κ3) is 4.20. The summed E-state index contributed by atoms with van der Waals surface area (Å²) < 4.78 is 6.76. The smallest absolute Gasteiger partial charge is 0.262 e. The Kier molecular flexibility index (Phi) is 5.53. The number of aromatic amines is 1. The number of amides is 1. The molecule has 0 bridgehead atoms. The van der Waals surface area contributed by atoms with Crippen molar-refractivity contribution < 1.29 is 9.53 Å². The second-order valence-corrected chi connectivity index (χ2v) is 7.53. The molecule has 4 rings (SSSR count). The van der Waals surface area contributed by atoms with Crippen molar-refractivity contribution in [3.63, 3.8) is 0 Å². The molecule has 0 aliphatic carbocycles. The second kappa shape index (κ2) is 8.42. The van der Waals surface area contributed by atoms with Gasteiger partial charge < -0.3 is 15.0 Å². The van der Waals surface area contributed by atoms with Crippen LogP contribution in [0.4, 0.5) is 5.69 Å². The molecule has 30 heavy (non-hydrogen) atoms. The van der Waals surface area contributed by atoms with Crippen LogP contribution in [0.3, 0.4) is 0 Å². The Morgan fingerprint density at radius 3 is 2.60 bits per heavy atom. The maximum atomic E-state index is 12.4. The standard InChI is InChI=1S/C21H19N5O3S/c1-13-3-5-14(6-4-13)23-18(27)12-30-21-24-19-17(20(28)25-21)11-22-26(19)15-7-9-16(29-2)10-8-15/h3-11H,12H2,1-2H3,(H,23,27)(H,24,25,28). The van der Waals surface area contributed by atoms with E-state index in [0.29, 0.717) is 16.2 Å². The number of methoxy groups -OCH3 is 1. The van der Waals surface area contributed by atoms with Crippen molar-refractivity contribution in [2.75, 3.05) is 18.2 Å². The molecule has 0 spiro atoms. The van der Waals surface area contributed by atoms with E-state index in [2.05, 4.69) is 20.4 Å². The zero-order valence-electron chi connectivity index (χ0n) is 16.4. The summed E-state index contributed by atoms with van der Waals surface area (Å²) in [6, 6.07) is 14.8. The number of benzene rings is 2. The highest BCUT2D eigenvalue weighted by atomic mass is 32.2. The lowest BCUT2D eigenvalue weighted by Crippen LogP contribution is -2.15. The molecule has 8 nitrogen and oxygen atoms in total. The van der Waals surface area contributed by atoms with Crippen molar-refractivity contribution >= 4 is 34.4 Å². The van der Waals surface area contributed by atoms with Gasteiger partial charge in [0, 0.05) is 5.69 Å². The number of hydrogen-bond donors (Lipinski definition) is 2. The summed E-state index contributed by atoms with van der Waals surface area (Å²) in [6.45, 7) is 1.98. The van der Waals surface area contributed by atoms with Gasteiger partial charge in [-0.2, -0.15) is 5.10 Å². The highest BCUT2D eigenvalue weighted by molar-refractivity contribution is 7.99. The Hall–Kier alpha value is -3.59. The number of nitrogens with zero attached hydrogens (tertiary/aromatic N) is 3. The van der Waals surface area contributed by atoms with E-state index in [1.807, 2.05) is 43.3 Å². The van der Waals surface area contributed by atoms with Gasteiger partial charge in [-0.1, -0.05) is 29.5 Å². The molecule has 0 atom stereocenters. The summed E-state index contributed by atoms with van der Waals surface area (Å²) >= 11 is 1.15. The summed E-state index contributed by atoms with van der Waals surface area (Å²) in [5, 5.41) is 7.83. The lowest BCUT2D eigenvalue weighted by molar-refractivity contribution is -0.113. The van der Waals surface area contributed by atoms with Crippen LogP contribution in [-0.2, 0) is 4.79 Å². The number of thioether (sulfide) groups is 1. The van der Waals surface area contributed by atoms with Gasteiger partial charge in [0.25, 0.3) is 5.56 Å². The molecule has 2 aromatic heterocycles. The molecule has 0 fully saturated rings. The number of rotatable bonds is 6. The number of carbonyl (C=O) groups excluding carboxylic acids is 1. The van der Waals surface area contributed by atoms with Gasteiger partial charge in [0.2, 0.25) is 5.91 Å². The topological polar surface area (TPSA) is 102 Å². The van der Waals surface area contributed by atoms with Crippen molar-refractivity contribution in [3.05, 3.63) is 70.6 Å². The first kappa shape index (κ1) is 19.7. The highest BCUT2D eigenvalue weighted by Crippen LogP contribution is 2.20. The highest BCUT2D eigenvalue weighted by Gasteiger charge is 2.13. The van der Waals surface area contributed by atoms with E-state index < -0.39 is 0 Å². The number of carbonyl (C=O) groups is 1. The Morgan fingerprint density at radius 1 is 1.17 bits per heavy atom. The molecule has 1 amide bonds. The van der Waals surface area contributed by atoms with Gasteiger partial charge in [-0.3, -0.25) is 9.59 Å². The summed E-state index contributed by atoms with van der Waals surface area (Å²) in [6.07, 6.45) is 1.48. The first-order chi connectivity index (χ1) is 14.5. The van der Waals surface area contributed by atoms with Crippen LogP contribution in [0.2, 0.25) is 0 Å². The fourth-order valence-corrected chi connectivity index (χ4v) is 3.50. The normalized spacial score (nSPS) is 10.9. The first-order valence-electron chi connectivity index (χ1n) is 9.15. The monoisotopic (exact) mass is 421 g/mol. The van der Waals surface area contributed by atoms with Crippen LogP contribution >= 0.6 is 11.8 Å². The molecular weight excluding hydrogens is 402 g/mol. The lowest BCUT2D eigenvalue weighted by Gasteiger charge is -2.07. The third-order valence-electron chi connectivity index (χ3n) is 4.41. The van der Waals surface area contributed by atoms with Crippen LogP contribution in [0.25, 0.3) is 16.7 Å². The molecule has 0 unspecified atom stereocenters. The fraction of sp³-hybridized carbons (Fsp3) is 0.143. The van der Waals surface area contributed by atoms with Gasteiger partial charge in [-0.05, 0) is 43.3 Å². The van der Waals surface area contributed by atoms with E-state index in [4.69, 9.17) is 4.74 Å². The lowest BCUT2D eigenvalue weighted by atomic mass is 10.2. The van der Waals surface area contributed by atoms with Crippen LogP contribution in [0, 0.1) is 6.92 Å². The van der Waals surface area contributed by atoms with E-state index >= 15 is 0 Å². The van der Waals surface area contributed by atoms with E-state index in [-0.39, 0.29) is 17.2 Å². The molecule has 2 N–H and O–H groups in total. The maximum absolute atomic E-state index is 12.4. The Labute approximate surface area is 176 Å². The van der Waals surface area contributed by atoms with Gasteiger partial charge in [-0.25, -0.2) is 9.67 Å². The zero-order valence-corrected chi connectivity index (χ0v) is 17.2. The van der Waals surface area contributed by atoms with E-state index in [1.54, 1.807) is 23.9 Å². The Bertz CT molecular complexity index is 1250. The third-order valence-corrected chi connectivity index (χ3v) is 5.28. The number of ether oxygens (including phenoxy) is 1. The Morgan fingerprint density at radius 2 is 1.90 bits per heavy atom. The number of fused-ring (bicyclic) bond motifs is 1. The van der Waals surface area contributed by atoms with Gasteiger partial charge in [0.1, 0.15) is 11.1 Å². The largest absolute Gasteiger partial charge is 0.497 e. The van der Waals surface area contributed by atoms with Crippen molar-refractivity contribution in [3.8, 4) is 11.4 Å². The number of aromatic nitrogens is 4. The van der Waals surface area contributed by atoms with Crippen molar-refractivity contribution in [2.24, 2.45) is 0 Å². The van der Waals surface area contributed by atoms with Crippen LogP contribution in [-0.4, -0.2) is 38.5 Å². The molecule has 0 aliphatic heterocycles. The first-order valence-corrected chi connectivity index (χ1v) is 10.1. The molecule has 9 heteroatoms. The average molecular weight is 421 g/mol. The minimum atomic E-state index is -0.304. The quantitative estimate of drug-likeness (QED) is 0.366. The molecule has 0 saturated heterocycles. The molecule has 2 aromatic carbocycles. The number of anilines is 1. The summed E-state index contributed by atoms with van der Waals surface area (Å²) in [4.78, 5) is 31.9. The van der Waals surface area contributed by atoms with Crippen LogP contribution in [0.1, 0.15) is 5.56 Å². The SMILES string of the molecule is COc1ccc(-n2ncc3c(=O)[nH]c(SCC(=O)Nc4ccc(C)cc4)nc32)cc1.